The van der Waals surface area contributed by atoms with Gasteiger partial charge in [-0.1, -0.05) is 18.2 Å². The molecule has 8 heteroatoms. The first-order chi connectivity index (χ1) is 17.6. The Balaban J connectivity index is 1.37. The number of hydrogen-bond acceptors (Lipinski definition) is 6. The van der Waals surface area contributed by atoms with Crippen LogP contribution in [0.2, 0.25) is 0 Å². The summed E-state index contributed by atoms with van der Waals surface area (Å²) in [7, 11) is 3.30. The van der Waals surface area contributed by atoms with Crippen LogP contribution in [0, 0.1) is 5.92 Å². The SMILES string of the molecule is COc1ccc([C@@H]2[C@@H]3CCc4ccc(OC)cc4C3=NN2C(=O)CCCC(=O)N2CCOCC2)cc1. The van der Waals surface area contributed by atoms with E-state index in [0.717, 1.165) is 41.2 Å². The minimum Gasteiger partial charge on any atom is -0.497 e. The Morgan fingerprint density at radius 2 is 1.67 bits per heavy atom. The molecule has 0 spiro atoms. The number of hydrogen-bond donors (Lipinski definition) is 0. The van der Waals surface area contributed by atoms with Crippen LogP contribution in [0.25, 0.3) is 0 Å². The van der Waals surface area contributed by atoms with Gasteiger partial charge in [-0.2, -0.15) is 5.10 Å². The molecule has 2 heterocycles. The third kappa shape index (κ3) is 4.82. The molecule has 5 rings (SSSR count). The van der Waals surface area contributed by atoms with Crippen LogP contribution in [0.3, 0.4) is 0 Å². The highest BCUT2D eigenvalue weighted by Gasteiger charge is 2.43. The van der Waals surface area contributed by atoms with Crippen LogP contribution >= 0.6 is 0 Å². The summed E-state index contributed by atoms with van der Waals surface area (Å²) < 4.78 is 16.1. The number of hydrazone groups is 1. The molecule has 1 fully saturated rings. The number of ether oxygens (including phenoxy) is 3. The van der Waals surface area contributed by atoms with Crippen molar-refractivity contribution in [2.45, 2.75) is 38.1 Å². The first-order valence-electron chi connectivity index (χ1n) is 12.7. The lowest BCUT2D eigenvalue weighted by molar-refractivity contribution is -0.136. The van der Waals surface area contributed by atoms with E-state index in [-0.39, 0.29) is 30.2 Å². The first-order valence-corrected chi connectivity index (χ1v) is 12.7. The maximum absolute atomic E-state index is 13.5. The summed E-state index contributed by atoms with van der Waals surface area (Å²) in [4.78, 5) is 27.9. The van der Waals surface area contributed by atoms with Gasteiger partial charge >= 0.3 is 0 Å². The van der Waals surface area contributed by atoms with Crippen LogP contribution in [0.15, 0.2) is 47.6 Å². The molecule has 2 amide bonds. The van der Waals surface area contributed by atoms with E-state index in [9.17, 15) is 9.59 Å². The van der Waals surface area contributed by atoms with Gasteiger partial charge in [-0.3, -0.25) is 9.59 Å². The zero-order valence-electron chi connectivity index (χ0n) is 20.9. The molecule has 8 nitrogen and oxygen atoms in total. The molecule has 190 valence electrons. The molecular weight excluding hydrogens is 458 g/mol. The van der Waals surface area contributed by atoms with E-state index >= 15 is 0 Å². The molecule has 0 saturated carbocycles. The molecule has 0 N–H and O–H groups in total. The molecule has 0 bridgehead atoms. The summed E-state index contributed by atoms with van der Waals surface area (Å²) >= 11 is 0. The van der Waals surface area contributed by atoms with Gasteiger partial charge < -0.3 is 19.1 Å². The van der Waals surface area contributed by atoms with Crippen LogP contribution in [-0.4, -0.2) is 68.0 Å². The minimum atomic E-state index is -0.187. The fourth-order valence-electron chi connectivity index (χ4n) is 5.43. The number of amides is 2. The van der Waals surface area contributed by atoms with E-state index in [1.807, 2.05) is 41.3 Å². The highest BCUT2D eigenvalue weighted by atomic mass is 16.5. The number of fused-ring (bicyclic) bond motifs is 3. The fourth-order valence-corrected chi connectivity index (χ4v) is 5.43. The van der Waals surface area contributed by atoms with Gasteiger partial charge in [0, 0.05) is 37.4 Å². The Kier molecular flexibility index (Phi) is 7.23. The van der Waals surface area contributed by atoms with Gasteiger partial charge in [-0.05, 0) is 54.7 Å². The Bertz CT molecular complexity index is 1140. The normalized spacial score (nSPS) is 20.9. The summed E-state index contributed by atoms with van der Waals surface area (Å²) in [5.74, 6) is 1.68. The Hall–Kier alpha value is -3.39. The Labute approximate surface area is 211 Å². The molecule has 1 aliphatic carbocycles. The van der Waals surface area contributed by atoms with Gasteiger partial charge in [0.05, 0.1) is 39.2 Å². The fraction of sp³-hybridized carbons (Fsp3) is 0.464. The molecule has 36 heavy (non-hydrogen) atoms. The quantitative estimate of drug-likeness (QED) is 0.592. The van der Waals surface area contributed by atoms with Crippen molar-refractivity contribution in [3.8, 4) is 11.5 Å². The van der Waals surface area contributed by atoms with E-state index in [0.29, 0.717) is 39.1 Å². The highest BCUT2D eigenvalue weighted by molar-refractivity contribution is 6.07. The predicted octanol–water partition coefficient (Wildman–Crippen LogP) is 3.58. The van der Waals surface area contributed by atoms with Crippen molar-refractivity contribution < 1.29 is 23.8 Å². The van der Waals surface area contributed by atoms with Gasteiger partial charge in [-0.15, -0.1) is 0 Å². The molecule has 1 saturated heterocycles. The molecule has 3 aliphatic rings. The van der Waals surface area contributed by atoms with Gasteiger partial charge in [0.1, 0.15) is 11.5 Å². The van der Waals surface area contributed by atoms with Crippen molar-refractivity contribution in [3.05, 3.63) is 59.2 Å². The highest BCUT2D eigenvalue weighted by Crippen LogP contribution is 2.44. The lowest BCUT2D eigenvalue weighted by atomic mass is 9.77. The Morgan fingerprint density at radius 1 is 0.972 bits per heavy atom. The van der Waals surface area contributed by atoms with Crippen LogP contribution in [-0.2, 0) is 20.7 Å². The molecule has 0 unspecified atom stereocenters. The predicted molar refractivity (Wildman–Crippen MR) is 135 cm³/mol. The van der Waals surface area contributed by atoms with E-state index < -0.39 is 0 Å². The zero-order chi connectivity index (χ0) is 25.1. The van der Waals surface area contributed by atoms with Crippen molar-refractivity contribution in [1.82, 2.24) is 9.91 Å². The summed E-state index contributed by atoms with van der Waals surface area (Å²) in [6.45, 7) is 2.40. The van der Waals surface area contributed by atoms with Crippen LogP contribution in [0.1, 0.15) is 48.4 Å². The van der Waals surface area contributed by atoms with E-state index in [2.05, 4.69) is 6.07 Å². The number of methoxy groups -OCH3 is 2. The summed E-state index contributed by atoms with van der Waals surface area (Å²) in [5.41, 5.74) is 4.25. The average Bonchev–Trinajstić information content (AvgIpc) is 3.33. The second-order valence-corrected chi connectivity index (χ2v) is 9.46. The second kappa shape index (κ2) is 10.7. The third-order valence-corrected chi connectivity index (χ3v) is 7.39. The van der Waals surface area contributed by atoms with Gasteiger partial charge in [0.15, 0.2) is 0 Å². The van der Waals surface area contributed by atoms with E-state index in [4.69, 9.17) is 19.3 Å². The molecular formula is C28H33N3O5. The van der Waals surface area contributed by atoms with Crippen molar-refractivity contribution in [3.63, 3.8) is 0 Å². The van der Waals surface area contributed by atoms with Crippen LogP contribution < -0.4 is 9.47 Å². The van der Waals surface area contributed by atoms with Crippen molar-refractivity contribution in [2.75, 3.05) is 40.5 Å². The maximum atomic E-state index is 13.5. The first kappa shape index (κ1) is 24.3. The minimum absolute atomic E-state index is 0.0584. The van der Waals surface area contributed by atoms with Crippen LogP contribution in [0.4, 0.5) is 0 Å². The summed E-state index contributed by atoms with van der Waals surface area (Å²) in [6.07, 6.45) is 2.96. The van der Waals surface area contributed by atoms with Crippen LogP contribution in [0.5, 0.6) is 11.5 Å². The molecule has 2 aromatic carbocycles. The molecule has 0 radical (unpaired) electrons. The number of morpholine rings is 1. The topological polar surface area (TPSA) is 80.7 Å². The standard InChI is InChI=1S/C28H33N3O5/c1-34-21-10-7-20(8-11-21)28-23-13-9-19-6-12-22(35-2)18-24(19)27(23)29-31(28)26(33)5-3-4-25(32)30-14-16-36-17-15-30/h6-8,10-12,18,23,28H,3-5,9,13-17H2,1-2H3/t23-,28-/m1/s1. The molecule has 2 atom stereocenters. The number of rotatable bonds is 7. The lowest BCUT2D eigenvalue weighted by Crippen LogP contribution is -2.40. The molecule has 0 aromatic heterocycles. The maximum Gasteiger partial charge on any atom is 0.243 e. The number of benzene rings is 2. The summed E-state index contributed by atoms with van der Waals surface area (Å²) in [5, 5.41) is 6.58. The average molecular weight is 492 g/mol. The Morgan fingerprint density at radius 3 is 2.39 bits per heavy atom. The lowest BCUT2D eigenvalue weighted by Gasteiger charge is -2.30. The van der Waals surface area contributed by atoms with Gasteiger partial charge in [-0.25, -0.2) is 5.01 Å². The number of carbonyl (C=O) groups excluding carboxylic acids is 2. The van der Waals surface area contributed by atoms with Crippen molar-refractivity contribution >= 4 is 17.5 Å². The largest absolute Gasteiger partial charge is 0.497 e. The molecule has 2 aromatic rings. The van der Waals surface area contributed by atoms with E-state index in [1.54, 1.807) is 19.2 Å². The van der Waals surface area contributed by atoms with E-state index in [1.165, 1.54) is 5.56 Å². The smallest absolute Gasteiger partial charge is 0.243 e. The monoisotopic (exact) mass is 491 g/mol. The van der Waals surface area contributed by atoms with Crippen molar-refractivity contribution in [1.29, 1.82) is 0 Å². The van der Waals surface area contributed by atoms with Gasteiger partial charge in [0.25, 0.3) is 0 Å². The number of aryl methyl sites for hydroxylation is 1. The summed E-state index contributed by atoms with van der Waals surface area (Å²) in [6, 6.07) is 13.8. The third-order valence-electron chi connectivity index (χ3n) is 7.39. The second-order valence-electron chi connectivity index (χ2n) is 9.46. The number of nitrogens with zero attached hydrogens (tertiary/aromatic N) is 3. The zero-order valence-corrected chi connectivity index (χ0v) is 20.9. The van der Waals surface area contributed by atoms with Gasteiger partial charge in [0.2, 0.25) is 11.8 Å². The molecule has 2 aliphatic heterocycles. The number of carbonyl (C=O) groups is 2. The van der Waals surface area contributed by atoms with Crippen molar-refractivity contribution in [2.24, 2.45) is 11.0 Å².